The normalized spacial score (nSPS) is 11.0. The highest BCUT2D eigenvalue weighted by Crippen LogP contribution is 2.22. The van der Waals surface area contributed by atoms with E-state index in [1.807, 2.05) is 12.1 Å². The summed E-state index contributed by atoms with van der Waals surface area (Å²) in [7, 11) is 0. The van der Waals surface area contributed by atoms with Crippen LogP contribution in [0.3, 0.4) is 0 Å². The van der Waals surface area contributed by atoms with Crippen molar-refractivity contribution in [3.05, 3.63) is 48.4 Å². The monoisotopic (exact) mass is 326 g/mol. The van der Waals surface area contributed by atoms with E-state index in [4.69, 9.17) is 4.52 Å². The number of halogens is 1. The Labute approximate surface area is 139 Å². The molecule has 0 saturated heterocycles. The van der Waals surface area contributed by atoms with Gasteiger partial charge in [-0.1, -0.05) is 19.0 Å². The van der Waals surface area contributed by atoms with E-state index in [1.54, 1.807) is 18.3 Å². The third-order valence-corrected chi connectivity index (χ3v) is 3.57. The van der Waals surface area contributed by atoms with Gasteiger partial charge in [-0.05, 0) is 48.7 Å². The maximum atomic E-state index is 13.0. The zero-order valence-electron chi connectivity index (χ0n) is 13.7. The number of hydrogen-bond acceptors (Lipinski definition) is 5. The first-order valence-corrected chi connectivity index (χ1v) is 7.92. The predicted molar refractivity (Wildman–Crippen MR) is 90.9 cm³/mol. The van der Waals surface area contributed by atoms with E-state index < -0.39 is 0 Å². The van der Waals surface area contributed by atoms with Gasteiger partial charge in [-0.2, -0.15) is 4.98 Å². The first-order chi connectivity index (χ1) is 11.6. The lowest BCUT2D eigenvalue weighted by Crippen LogP contribution is -2.05. The Morgan fingerprint density at radius 2 is 1.83 bits per heavy atom. The Kier molecular flexibility index (Phi) is 4.84. The lowest BCUT2D eigenvalue weighted by Gasteiger charge is -2.07. The Morgan fingerprint density at radius 1 is 1.08 bits per heavy atom. The molecule has 1 aromatic carbocycles. The molecule has 24 heavy (non-hydrogen) atoms. The largest absolute Gasteiger partial charge is 0.370 e. The average Bonchev–Trinajstić information content (AvgIpc) is 3.06. The predicted octanol–water partition coefficient (Wildman–Crippen LogP) is 4.40. The summed E-state index contributed by atoms with van der Waals surface area (Å²) < 4.78 is 18.2. The number of rotatable bonds is 6. The van der Waals surface area contributed by atoms with Gasteiger partial charge < -0.3 is 9.84 Å². The molecule has 124 valence electrons. The number of anilines is 1. The molecule has 0 bridgehead atoms. The molecule has 0 aliphatic rings. The molecule has 3 aromatic rings. The number of benzene rings is 1. The SMILES string of the molecule is CC(C)CCNc1ccc(-c2nc(-c3ccc(F)cc3)no2)cn1. The van der Waals surface area contributed by atoms with E-state index >= 15 is 0 Å². The quantitative estimate of drug-likeness (QED) is 0.727. The van der Waals surface area contributed by atoms with Crippen molar-refractivity contribution in [1.29, 1.82) is 0 Å². The van der Waals surface area contributed by atoms with Crippen LogP contribution in [0.2, 0.25) is 0 Å². The summed E-state index contributed by atoms with van der Waals surface area (Å²) in [6, 6.07) is 9.73. The van der Waals surface area contributed by atoms with E-state index in [1.165, 1.54) is 12.1 Å². The smallest absolute Gasteiger partial charge is 0.259 e. The van der Waals surface area contributed by atoms with E-state index in [0.29, 0.717) is 23.2 Å². The van der Waals surface area contributed by atoms with Crippen molar-refractivity contribution < 1.29 is 8.91 Å². The third-order valence-electron chi connectivity index (χ3n) is 3.57. The van der Waals surface area contributed by atoms with Gasteiger partial charge in [-0.15, -0.1) is 0 Å². The number of pyridine rings is 1. The fraction of sp³-hybridized carbons (Fsp3) is 0.278. The molecule has 6 heteroatoms. The molecule has 2 aromatic heterocycles. The van der Waals surface area contributed by atoms with Crippen LogP contribution in [0.25, 0.3) is 22.8 Å². The number of aromatic nitrogens is 3. The van der Waals surface area contributed by atoms with Gasteiger partial charge in [-0.3, -0.25) is 0 Å². The summed E-state index contributed by atoms with van der Waals surface area (Å²) in [5.41, 5.74) is 1.44. The van der Waals surface area contributed by atoms with Crippen LogP contribution in [0.5, 0.6) is 0 Å². The second kappa shape index (κ2) is 7.21. The fourth-order valence-electron chi connectivity index (χ4n) is 2.17. The molecule has 0 saturated carbocycles. The van der Waals surface area contributed by atoms with Gasteiger partial charge in [0, 0.05) is 18.3 Å². The van der Waals surface area contributed by atoms with Crippen molar-refractivity contribution in [2.75, 3.05) is 11.9 Å². The molecule has 0 amide bonds. The summed E-state index contributed by atoms with van der Waals surface area (Å²) in [4.78, 5) is 8.69. The van der Waals surface area contributed by atoms with Crippen LogP contribution in [-0.4, -0.2) is 21.7 Å². The maximum absolute atomic E-state index is 13.0. The van der Waals surface area contributed by atoms with Gasteiger partial charge in [0.25, 0.3) is 5.89 Å². The van der Waals surface area contributed by atoms with E-state index in [9.17, 15) is 4.39 Å². The first-order valence-electron chi connectivity index (χ1n) is 7.92. The summed E-state index contributed by atoms with van der Waals surface area (Å²) >= 11 is 0. The third kappa shape index (κ3) is 3.95. The Balaban J connectivity index is 1.69. The van der Waals surface area contributed by atoms with Crippen molar-refractivity contribution in [3.8, 4) is 22.8 Å². The minimum absolute atomic E-state index is 0.299. The Morgan fingerprint density at radius 3 is 2.50 bits per heavy atom. The van der Waals surface area contributed by atoms with Crippen molar-refractivity contribution >= 4 is 5.82 Å². The molecule has 0 aliphatic carbocycles. The summed E-state index contributed by atoms with van der Waals surface area (Å²) in [6.45, 7) is 5.26. The highest BCUT2D eigenvalue weighted by Gasteiger charge is 2.11. The van der Waals surface area contributed by atoms with Crippen LogP contribution in [0.1, 0.15) is 20.3 Å². The Hall–Kier alpha value is -2.76. The highest BCUT2D eigenvalue weighted by atomic mass is 19.1. The molecular formula is C18H19FN4O. The van der Waals surface area contributed by atoms with Crippen LogP contribution in [0, 0.1) is 11.7 Å². The van der Waals surface area contributed by atoms with E-state index in [-0.39, 0.29) is 5.82 Å². The zero-order chi connectivity index (χ0) is 16.9. The highest BCUT2D eigenvalue weighted by molar-refractivity contribution is 5.60. The molecule has 3 rings (SSSR count). The van der Waals surface area contributed by atoms with E-state index in [0.717, 1.165) is 24.3 Å². The van der Waals surface area contributed by atoms with Crippen LogP contribution in [0.4, 0.5) is 10.2 Å². The molecule has 0 aliphatic heterocycles. The summed E-state index contributed by atoms with van der Waals surface area (Å²) in [6.07, 6.45) is 2.79. The molecule has 0 unspecified atom stereocenters. The second-order valence-corrected chi connectivity index (χ2v) is 5.97. The molecule has 0 spiro atoms. The van der Waals surface area contributed by atoms with Gasteiger partial charge in [0.2, 0.25) is 5.82 Å². The van der Waals surface area contributed by atoms with Crippen molar-refractivity contribution in [2.45, 2.75) is 20.3 Å². The number of nitrogens with zero attached hydrogens (tertiary/aromatic N) is 3. The molecule has 5 nitrogen and oxygen atoms in total. The van der Waals surface area contributed by atoms with Crippen LogP contribution in [-0.2, 0) is 0 Å². The van der Waals surface area contributed by atoms with E-state index in [2.05, 4.69) is 34.3 Å². The van der Waals surface area contributed by atoms with Crippen molar-refractivity contribution in [1.82, 2.24) is 15.1 Å². The minimum atomic E-state index is -0.299. The Bertz CT molecular complexity index is 782. The zero-order valence-corrected chi connectivity index (χ0v) is 13.7. The average molecular weight is 326 g/mol. The van der Waals surface area contributed by atoms with Gasteiger partial charge in [0.1, 0.15) is 11.6 Å². The van der Waals surface area contributed by atoms with Gasteiger partial charge in [0.05, 0.1) is 5.56 Å². The first kappa shape index (κ1) is 16.1. The van der Waals surface area contributed by atoms with Crippen LogP contribution in [0.15, 0.2) is 47.1 Å². The van der Waals surface area contributed by atoms with Crippen LogP contribution >= 0.6 is 0 Å². The molecule has 2 heterocycles. The van der Waals surface area contributed by atoms with Crippen LogP contribution < -0.4 is 5.32 Å². The van der Waals surface area contributed by atoms with Crippen molar-refractivity contribution in [3.63, 3.8) is 0 Å². The molecule has 1 N–H and O–H groups in total. The van der Waals surface area contributed by atoms with Gasteiger partial charge in [0.15, 0.2) is 0 Å². The van der Waals surface area contributed by atoms with Crippen molar-refractivity contribution in [2.24, 2.45) is 5.92 Å². The minimum Gasteiger partial charge on any atom is -0.370 e. The molecule has 0 atom stereocenters. The molecule has 0 radical (unpaired) electrons. The van der Waals surface area contributed by atoms with Gasteiger partial charge in [-0.25, -0.2) is 9.37 Å². The lowest BCUT2D eigenvalue weighted by molar-refractivity contribution is 0.432. The molecular weight excluding hydrogens is 307 g/mol. The van der Waals surface area contributed by atoms with Gasteiger partial charge >= 0.3 is 0 Å². The number of nitrogens with one attached hydrogen (secondary N) is 1. The number of hydrogen-bond donors (Lipinski definition) is 1. The summed E-state index contributed by atoms with van der Waals surface area (Å²) in [5, 5.41) is 7.21. The topological polar surface area (TPSA) is 63.8 Å². The summed E-state index contributed by atoms with van der Waals surface area (Å²) in [5.74, 6) is 1.98. The molecule has 0 fully saturated rings. The maximum Gasteiger partial charge on any atom is 0.259 e. The standard InChI is InChI=1S/C18H19FN4O/c1-12(2)9-10-20-16-8-5-14(11-21-16)18-22-17(23-24-18)13-3-6-15(19)7-4-13/h3-8,11-12H,9-10H2,1-2H3,(H,20,21). The lowest BCUT2D eigenvalue weighted by atomic mass is 10.1. The fourth-order valence-corrected chi connectivity index (χ4v) is 2.17. The second-order valence-electron chi connectivity index (χ2n) is 5.97.